The molecule has 0 aliphatic carbocycles. The smallest absolute Gasteiger partial charge is 0.260 e. The van der Waals surface area contributed by atoms with Gasteiger partial charge < -0.3 is 10.1 Å². The standard InChI is InChI=1S/C14H15NO2/c1-10(14(16)15-2)17-13-9-5-7-11-6-3-4-8-12(11)13/h3-10H,1-2H3,(H,15,16). The van der Waals surface area contributed by atoms with Crippen molar-refractivity contribution in [2.45, 2.75) is 13.0 Å². The highest BCUT2D eigenvalue weighted by Gasteiger charge is 2.13. The molecule has 2 aromatic carbocycles. The number of ether oxygens (including phenoxy) is 1. The monoisotopic (exact) mass is 229 g/mol. The summed E-state index contributed by atoms with van der Waals surface area (Å²) in [4.78, 5) is 11.4. The summed E-state index contributed by atoms with van der Waals surface area (Å²) in [6.07, 6.45) is -0.495. The van der Waals surface area contributed by atoms with Crippen LogP contribution in [0.5, 0.6) is 5.75 Å². The highest BCUT2D eigenvalue weighted by Crippen LogP contribution is 2.25. The number of benzene rings is 2. The number of carbonyl (C=O) groups is 1. The molecule has 0 aliphatic rings. The first-order chi connectivity index (χ1) is 8.22. The Morgan fingerprint density at radius 1 is 1.18 bits per heavy atom. The summed E-state index contributed by atoms with van der Waals surface area (Å²) in [6, 6.07) is 13.8. The molecule has 0 fully saturated rings. The maximum absolute atomic E-state index is 11.4. The van der Waals surface area contributed by atoms with Crippen LogP contribution in [0.25, 0.3) is 10.8 Å². The molecular weight excluding hydrogens is 214 g/mol. The Hall–Kier alpha value is -2.03. The minimum absolute atomic E-state index is 0.127. The van der Waals surface area contributed by atoms with E-state index in [1.807, 2.05) is 42.5 Å². The third-order valence-corrected chi connectivity index (χ3v) is 2.67. The number of amides is 1. The topological polar surface area (TPSA) is 38.3 Å². The minimum Gasteiger partial charge on any atom is -0.480 e. The molecule has 88 valence electrons. The van der Waals surface area contributed by atoms with E-state index in [2.05, 4.69) is 5.32 Å². The van der Waals surface area contributed by atoms with Gasteiger partial charge in [-0.1, -0.05) is 36.4 Å². The second-order valence-electron chi connectivity index (χ2n) is 3.85. The molecule has 2 aromatic rings. The Bertz CT molecular complexity index is 531. The minimum atomic E-state index is -0.495. The van der Waals surface area contributed by atoms with Gasteiger partial charge in [-0.25, -0.2) is 0 Å². The molecule has 3 nitrogen and oxygen atoms in total. The van der Waals surface area contributed by atoms with Crippen LogP contribution in [-0.4, -0.2) is 19.1 Å². The van der Waals surface area contributed by atoms with Crippen LogP contribution in [0.3, 0.4) is 0 Å². The molecule has 0 heterocycles. The lowest BCUT2D eigenvalue weighted by Crippen LogP contribution is -2.33. The highest BCUT2D eigenvalue weighted by molar-refractivity contribution is 5.89. The van der Waals surface area contributed by atoms with Gasteiger partial charge in [0.15, 0.2) is 6.10 Å². The van der Waals surface area contributed by atoms with Crippen LogP contribution in [0.15, 0.2) is 42.5 Å². The zero-order valence-corrected chi connectivity index (χ0v) is 9.94. The third kappa shape index (κ3) is 2.38. The van der Waals surface area contributed by atoms with Gasteiger partial charge in [-0.2, -0.15) is 0 Å². The van der Waals surface area contributed by atoms with E-state index in [1.54, 1.807) is 14.0 Å². The van der Waals surface area contributed by atoms with Crippen molar-refractivity contribution in [1.82, 2.24) is 5.32 Å². The van der Waals surface area contributed by atoms with E-state index in [4.69, 9.17) is 4.74 Å². The average molecular weight is 229 g/mol. The quantitative estimate of drug-likeness (QED) is 0.877. The Kier molecular flexibility index (Phi) is 3.28. The number of carbonyl (C=O) groups excluding carboxylic acids is 1. The van der Waals surface area contributed by atoms with Gasteiger partial charge in [-0.15, -0.1) is 0 Å². The van der Waals surface area contributed by atoms with Gasteiger partial charge in [0.25, 0.3) is 5.91 Å². The van der Waals surface area contributed by atoms with E-state index >= 15 is 0 Å². The van der Waals surface area contributed by atoms with E-state index in [1.165, 1.54) is 0 Å². The molecule has 3 heteroatoms. The van der Waals surface area contributed by atoms with E-state index in [0.29, 0.717) is 0 Å². The summed E-state index contributed by atoms with van der Waals surface area (Å²) >= 11 is 0. The van der Waals surface area contributed by atoms with Crippen LogP contribution >= 0.6 is 0 Å². The van der Waals surface area contributed by atoms with Crippen molar-refractivity contribution >= 4 is 16.7 Å². The van der Waals surface area contributed by atoms with Crippen LogP contribution < -0.4 is 10.1 Å². The molecule has 0 saturated carbocycles. The second-order valence-corrected chi connectivity index (χ2v) is 3.85. The van der Waals surface area contributed by atoms with E-state index in [0.717, 1.165) is 16.5 Å². The van der Waals surface area contributed by atoms with E-state index < -0.39 is 6.10 Å². The van der Waals surface area contributed by atoms with Gasteiger partial charge >= 0.3 is 0 Å². The Labute approximate surface area is 100 Å². The fraction of sp³-hybridized carbons (Fsp3) is 0.214. The lowest BCUT2D eigenvalue weighted by atomic mass is 10.1. The van der Waals surface area contributed by atoms with Gasteiger partial charge in [0, 0.05) is 12.4 Å². The molecular formula is C14H15NO2. The number of rotatable bonds is 3. The predicted octanol–water partition coefficient (Wildman–Crippen LogP) is 2.35. The van der Waals surface area contributed by atoms with Crippen LogP contribution in [0, 0.1) is 0 Å². The molecule has 1 unspecified atom stereocenters. The lowest BCUT2D eigenvalue weighted by Gasteiger charge is -2.14. The van der Waals surface area contributed by atoms with Crippen molar-refractivity contribution in [3.8, 4) is 5.75 Å². The van der Waals surface area contributed by atoms with Crippen molar-refractivity contribution in [3.05, 3.63) is 42.5 Å². The van der Waals surface area contributed by atoms with Crippen LogP contribution in [0.4, 0.5) is 0 Å². The second kappa shape index (κ2) is 4.87. The Morgan fingerprint density at radius 2 is 1.88 bits per heavy atom. The number of hydrogen-bond donors (Lipinski definition) is 1. The van der Waals surface area contributed by atoms with Gasteiger partial charge in [0.1, 0.15) is 5.75 Å². The van der Waals surface area contributed by atoms with Gasteiger partial charge in [0.2, 0.25) is 0 Å². The molecule has 0 saturated heterocycles. The first-order valence-electron chi connectivity index (χ1n) is 5.58. The molecule has 0 bridgehead atoms. The number of nitrogens with one attached hydrogen (secondary N) is 1. The Balaban J connectivity index is 2.33. The molecule has 0 spiro atoms. The summed E-state index contributed by atoms with van der Waals surface area (Å²) in [5.41, 5.74) is 0. The Morgan fingerprint density at radius 3 is 2.65 bits per heavy atom. The summed E-state index contributed by atoms with van der Waals surface area (Å²) in [5.74, 6) is 0.608. The fourth-order valence-corrected chi connectivity index (χ4v) is 1.75. The number of hydrogen-bond acceptors (Lipinski definition) is 2. The van der Waals surface area contributed by atoms with Crippen molar-refractivity contribution in [1.29, 1.82) is 0 Å². The van der Waals surface area contributed by atoms with Crippen LogP contribution in [-0.2, 0) is 4.79 Å². The predicted molar refractivity (Wildman–Crippen MR) is 68.1 cm³/mol. The molecule has 0 aliphatic heterocycles. The average Bonchev–Trinajstić information content (AvgIpc) is 2.38. The van der Waals surface area contributed by atoms with Crippen molar-refractivity contribution in [2.24, 2.45) is 0 Å². The number of fused-ring (bicyclic) bond motifs is 1. The molecule has 0 radical (unpaired) electrons. The van der Waals surface area contributed by atoms with Crippen LogP contribution in [0.2, 0.25) is 0 Å². The fourth-order valence-electron chi connectivity index (χ4n) is 1.75. The van der Waals surface area contributed by atoms with Crippen LogP contribution in [0.1, 0.15) is 6.92 Å². The highest BCUT2D eigenvalue weighted by atomic mass is 16.5. The molecule has 17 heavy (non-hydrogen) atoms. The summed E-state index contributed by atoms with van der Waals surface area (Å²) in [6.45, 7) is 1.74. The van der Waals surface area contributed by atoms with Gasteiger partial charge in [0.05, 0.1) is 0 Å². The molecule has 2 rings (SSSR count). The SMILES string of the molecule is CNC(=O)C(C)Oc1cccc2ccccc12. The van der Waals surface area contributed by atoms with E-state index in [-0.39, 0.29) is 5.91 Å². The first-order valence-corrected chi connectivity index (χ1v) is 5.58. The zero-order chi connectivity index (χ0) is 12.3. The molecule has 0 aromatic heterocycles. The maximum atomic E-state index is 11.4. The van der Waals surface area contributed by atoms with Gasteiger partial charge in [-0.05, 0) is 18.4 Å². The summed E-state index contributed by atoms with van der Waals surface area (Å²) < 4.78 is 5.67. The van der Waals surface area contributed by atoms with Crippen molar-refractivity contribution in [3.63, 3.8) is 0 Å². The third-order valence-electron chi connectivity index (χ3n) is 2.67. The lowest BCUT2D eigenvalue weighted by molar-refractivity contribution is -0.126. The zero-order valence-electron chi connectivity index (χ0n) is 9.94. The maximum Gasteiger partial charge on any atom is 0.260 e. The van der Waals surface area contributed by atoms with Gasteiger partial charge in [-0.3, -0.25) is 4.79 Å². The molecule has 1 atom stereocenters. The summed E-state index contributed by atoms with van der Waals surface area (Å²) in [7, 11) is 1.60. The number of likely N-dealkylation sites (N-methyl/N-ethyl adjacent to an activating group) is 1. The molecule has 1 amide bonds. The van der Waals surface area contributed by atoms with E-state index in [9.17, 15) is 4.79 Å². The van der Waals surface area contributed by atoms with Crippen molar-refractivity contribution in [2.75, 3.05) is 7.05 Å². The normalized spacial score (nSPS) is 12.1. The molecule has 1 N–H and O–H groups in total. The largest absolute Gasteiger partial charge is 0.480 e. The summed E-state index contributed by atoms with van der Waals surface area (Å²) in [5, 5.41) is 4.69. The van der Waals surface area contributed by atoms with Crippen molar-refractivity contribution < 1.29 is 9.53 Å². The first kappa shape index (κ1) is 11.5.